The summed E-state index contributed by atoms with van der Waals surface area (Å²) in [6, 6.07) is 10.7. The molecule has 0 aliphatic heterocycles. The molecule has 2 aromatic rings. The second-order valence-corrected chi connectivity index (χ2v) is 5.13. The Hall–Kier alpha value is -1.39. The molecule has 0 spiro atoms. The van der Waals surface area contributed by atoms with Gasteiger partial charge in [0.1, 0.15) is 17.2 Å². The Labute approximate surface area is 125 Å². The smallest absolute Gasteiger partial charge is 0.146 e. The largest absolute Gasteiger partial charge is 0.492 e. The Kier molecular flexibility index (Phi) is 4.56. The van der Waals surface area contributed by atoms with Crippen molar-refractivity contribution in [2.24, 2.45) is 0 Å². The maximum Gasteiger partial charge on any atom is 0.146 e. The SMILES string of the molecule is CCOc1cc(Oc2ccc(Br)cc2Cl)ccc1N. The van der Waals surface area contributed by atoms with E-state index in [9.17, 15) is 0 Å². The van der Waals surface area contributed by atoms with Crippen molar-refractivity contribution < 1.29 is 9.47 Å². The third kappa shape index (κ3) is 3.55. The summed E-state index contributed by atoms with van der Waals surface area (Å²) in [6.07, 6.45) is 0. The number of hydrogen-bond donors (Lipinski definition) is 1. The third-order valence-electron chi connectivity index (χ3n) is 2.41. The molecule has 5 heteroatoms. The molecule has 0 saturated carbocycles. The predicted molar refractivity (Wildman–Crippen MR) is 81.2 cm³/mol. The maximum absolute atomic E-state index is 6.10. The molecule has 0 aromatic heterocycles. The molecule has 0 aliphatic carbocycles. The molecule has 0 amide bonds. The Morgan fingerprint density at radius 1 is 1.16 bits per heavy atom. The van der Waals surface area contributed by atoms with Crippen molar-refractivity contribution >= 4 is 33.2 Å². The Bertz CT molecular complexity index is 590. The molecule has 19 heavy (non-hydrogen) atoms. The summed E-state index contributed by atoms with van der Waals surface area (Å²) < 4.78 is 12.0. The van der Waals surface area contributed by atoms with Gasteiger partial charge in [-0.2, -0.15) is 0 Å². The van der Waals surface area contributed by atoms with Crippen LogP contribution in [-0.4, -0.2) is 6.61 Å². The normalized spacial score (nSPS) is 10.3. The lowest BCUT2D eigenvalue weighted by atomic mass is 10.2. The van der Waals surface area contributed by atoms with Crippen molar-refractivity contribution in [3.05, 3.63) is 45.9 Å². The maximum atomic E-state index is 6.10. The Balaban J connectivity index is 2.25. The van der Waals surface area contributed by atoms with E-state index in [1.54, 1.807) is 30.3 Å². The summed E-state index contributed by atoms with van der Waals surface area (Å²) in [4.78, 5) is 0. The van der Waals surface area contributed by atoms with Crippen LogP contribution >= 0.6 is 27.5 Å². The van der Waals surface area contributed by atoms with Crippen molar-refractivity contribution in [1.29, 1.82) is 0 Å². The van der Waals surface area contributed by atoms with Crippen LogP contribution in [-0.2, 0) is 0 Å². The first-order valence-electron chi connectivity index (χ1n) is 5.75. The minimum atomic E-state index is 0.532. The van der Waals surface area contributed by atoms with Crippen LogP contribution in [0.3, 0.4) is 0 Å². The summed E-state index contributed by atoms with van der Waals surface area (Å²) in [6.45, 7) is 2.45. The van der Waals surface area contributed by atoms with E-state index in [4.69, 9.17) is 26.8 Å². The lowest BCUT2D eigenvalue weighted by Crippen LogP contribution is -1.97. The average Bonchev–Trinajstić information content (AvgIpc) is 2.37. The Morgan fingerprint density at radius 3 is 2.63 bits per heavy atom. The van der Waals surface area contributed by atoms with Gasteiger partial charge >= 0.3 is 0 Å². The quantitative estimate of drug-likeness (QED) is 0.806. The summed E-state index contributed by atoms with van der Waals surface area (Å²) in [5.41, 5.74) is 6.39. The molecule has 0 heterocycles. The molecule has 0 radical (unpaired) electrons. The monoisotopic (exact) mass is 341 g/mol. The number of nitrogens with two attached hydrogens (primary N) is 1. The summed E-state index contributed by atoms with van der Waals surface area (Å²) in [5.74, 6) is 1.81. The first-order chi connectivity index (χ1) is 9.10. The molecule has 0 saturated heterocycles. The molecular formula is C14H13BrClNO2. The molecule has 2 rings (SSSR count). The zero-order valence-corrected chi connectivity index (χ0v) is 12.7. The second kappa shape index (κ2) is 6.17. The van der Waals surface area contributed by atoms with E-state index in [0.717, 1.165) is 4.47 Å². The predicted octanol–water partition coefficient (Wildman–Crippen LogP) is 4.88. The minimum absolute atomic E-state index is 0.532. The van der Waals surface area contributed by atoms with Crippen molar-refractivity contribution in [3.63, 3.8) is 0 Å². The summed E-state index contributed by atoms with van der Waals surface area (Å²) in [5, 5.41) is 0.532. The molecular weight excluding hydrogens is 330 g/mol. The standard InChI is InChI=1S/C14H13BrClNO2/c1-2-18-14-8-10(4-5-12(14)17)19-13-6-3-9(15)7-11(13)16/h3-8H,2,17H2,1H3. The van der Waals surface area contributed by atoms with Gasteiger partial charge in [-0.1, -0.05) is 27.5 Å². The fraction of sp³-hybridized carbons (Fsp3) is 0.143. The van der Waals surface area contributed by atoms with E-state index in [-0.39, 0.29) is 0 Å². The topological polar surface area (TPSA) is 44.5 Å². The highest BCUT2D eigenvalue weighted by molar-refractivity contribution is 9.10. The van der Waals surface area contributed by atoms with Crippen molar-refractivity contribution in [2.75, 3.05) is 12.3 Å². The molecule has 0 unspecified atom stereocenters. The van der Waals surface area contributed by atoms with Gasteiger partial charge in [0.05, 0.1) is 17.3 Å². The van der Waals surface area contributed by atoms with Gasteiger partial charge in [0.15, 0.2) is 0 Å². The molecule has 0 bridgehead atoms. The van der Waals surface area contributed by atoms with E-state index in [2.05, 4.69) is 15.9 Å². The molecule has 0 aliphatic rings. The van der Waals surface area contributed by atoms with E-state index in [0.29, 0.717) is 34.6 Å². The molecule has 0 fully saturated rings. The van der Waals surface area contributed by atoms with E-state index in [1.165, 1.54) is 0 Å². The van der Waals surface area contributed by atoms with Crippen molar-refractivity contribution in [3.8, 4) is 17.2 Å². The zero-order chi connectivity index (χ0) is 13.8. The van der Waals surface area contributed by atoms with Gasteiger partial charge < -0.3 is 15.2 Å². The van der Waals surface area contributed by atoms with E-state index >= 15 is 0 Å². The van der Waals surface area contributed by atoms with Gasteiger partial charge in [-0.25, -0.2) is 0 Å². The molecule has 2 aromatic carbocycles. The molecule has 0 atom stereocenters. The number of benzene rings is 2. The fourth-order valence-electron chi connectivity index (χ4n) is 1.54. The van der Waals surface area contributed by atoms with Crippen LogP contribution in [0.2, 0.25) is 5.02 Å². The fourth-order valence-corrected chi connectivity index (χ4v) is 2.26. The Morgan fingerprint density at radius 2 is 1.95 bits per heavy atom. The van der Waals surface area contributed by atoms with Crippen LogP contribution in [0.4, 0.5) is 5.69 Å². The van der Waals surface area contributed by atoms with Gasteiger partial charge in [-0.05, 0) is 37.3 Å². The molecule has 3 nitrogen and oxygen atoms in total. The van der Waals surface area contributed by atoms with Crippen molar-refractivity contribution in [2.45, 2.75) is 6.92 Å². The summed E-state index contributed by atoms with van der Waals surface area (Å²) in [7, 11) is 0. The van der Waals surface area contributed by atoms with Gasteiger partial charge in [-0.3, -0.25) is 0 Å². The number of rotatable bonds is 4. The van der Waals surface area contributed by atoms with Crippen molar-refractivity contribution in [1.82, 2.24) is 0 Å². The lowest BCUT2D eigenvalue weighted by Gasteiger charge is -2.11. The third-order valence-corrected chi connectivity index (χ3v) is 3.20. The lowest BCUT2D eigenvalue weighted by molar-refractivity contribution is 0.340. The average molecular weight is 343 g/mol. The summed E-state index contributed by atoms with van der Waals surface area (Å²) >= 11 is 9.45. The number of anilines is 1. The number of nitrogen functional groups attached to an aromatic ring is 1. The van der Waals surface area contributed by atoms with Gasteiger partial charge in [0, 0.05) is 10.5 Å². The highest BCUT2D eigenvalue weighted by Gasteiger charge is 2.07. The highest BCUT2D eigenvalue weighted by Crippen LogP contribution is 2.34. The van der Waals surface area contributed by atoms with Gasteiger partial charge in [0.2, 0.25) is 0 Å². The van der Waals surface area contributed by atoms with Gasteiger partial charge in [-0.15, -0.1) is 0 Å². The number of ether oxygens (including phenoxy) is 2. The number of hydrogen-bond acceptors (Lipinski definition) is 3. The van der Waals surface area contributed by atoms with Crippen LogP contribution in [0.1, 0.15) is 6.92 Å². The highest BCUT2D eigenvalue weighted by atomic mass is 79.9. The minimum Gasteiger partial charge on any atom is -0.492 e. The van der Waals surface area contributed by atoms with Gasteiger partial charge in [0.25, 0.3) is 0 Å². The van der Waals surface area contributed by atoms with Crippen LogP contribution < -0.4 is 15.2 Å². The van der Waals surface area contributed by atoms with E-state index in [1.807, 2.05) is 13.0 Å². The van der Waals surface area contributed by atoms with Crippen LogP contribution in [0.25, 0.3) is 0 Å². The zero-order valence-electron chi connectivity index (χ0n) is 10.3. The first-order valence-corrected chi connectivity index (χ1v) is 6.92. The van der Waals surface area contributed by atoms with Crippen LogP contribution in [0.5, 0.6) is 17.2 Å². The molecule has 2 N–H and O–H groups in total. The van der Waals surface area contributed by atoms with Crippen LogP contribution in [0.15, 0.2) is 40.9 Å². The molecule has 100 valence electrons. The number of halogens is 2. The first kappa shape index (κ1) is 14.0. The van der Waals surface area contributed by atoms with E-state index < -0.39 is 0 Å². The van der Waals surface area contributed by atoms with Crippen LogP contribution in [0, 0.1) is 0 Å². The second-order valence-electron chi connectivity index (χ2n) is 3.81.